The monoisotopic (exact) mass is 201 g/mol. The van der Waals surface area contributed by atoms with E-state index in [9.17, 15) is 4.79 Å². The van der Waals surface area contributed by atoms with Crippen LogP contribution in [0.5, 0.6) is 0 Å². The molecule has 2 heteroatoms. The molecule has 0 atom stereocenters. The molecule has 0 aliphatic carbocycles. The van der Waals surface area contributed by atoms with E-state index in [1.54, 1.807) is 6.92 Å². The van der Waals surface area contributed by atoms with Gasteiger partial charge in [-0.25, -0.2) is 0 Å². The van der Waals surface area contributed by atoms with Crippen LogP contribution in [0.4, 0.5) is 5.69 Å². The molecule has 0 aromatic heterocycles. The number of nitrogens with zero attached hydrogens (tertiary/aromatic N) is 1. The summed E-state index contributed by atoms with van der Waals surface area (Å²) in [6.45, 7) is 5.64. The number of hydrogen-bond donors (Lipinski definition) is 0. The van der Waals surface area contributed by atoms with Gasteiger partial charge in [0.1, 0.15) is 0 Å². The van der Waals surface area contributed by atoms with Gasteiger partial charge in [0.15, 0.2) is 5.78 Å². The molecule has 0 saturated carbocycles. The van der Waals surface area contributed by atoms with E-state index in [2.05, 4.69) is 24.0 Å². The van der Waals surface area contributed by atoms with Gasteiger partial charge in [0, 0.05) is 24.3 Å². The van der Waals surface area contributed by atoms with Gasteiger partial charge < -0.3 is 4.90 Å². The highest BCUT2D eigenvalue weighted by molar-refractivity contribution is 5.96. The zero-order chi connectivity index (χ0) is 10.8. The minimum absolute atomic E-state index is 0.128. The smallest absolute Gasteiger partial charge is 0.159 e. The fraction of sp³-hybridized carbons (Fsp3) is 0.308. The van der Waals surface area contributed by atoms with Gasteiger partial charge in [-0.1, -0.05) is 24.3 Å². The largest absolute Gasteiger partial charge is 0.368 e. The van der Waals surface area contributed by atoms with Crippen molar-refractivity contribution in [2.24, 2.45) is 0 Å². The molecule has 1 aromatic carbocycles. The van der Waals surface area contributed by atoms with Crippen molar-refractivity contribution in [2.75, 3.05) is 18.0 Å². The van der Waals surface area contributed by atoms with Gasteiger partial charge >= 0.3 is 0 Å². The van der Waals surface area contributed by atoms with Crippen LogP contribution < -0.4 is 4.90 Å². The maximum Gasteiger partial charge on any atom is 0.159 e. The van der Waals surface area contributed by atoms with Crippen molar-refractivity contribution in [3.8, 4) is 0 Å². The number of ketones is 1. The van der Waals surface area contributed by atoms with E-state index in [1.165, 1.54) is 11.3 Å². The molecule has 1 heterocycles. The molecule has 1 aliphatic rings. The van der Waals surface area contributed by atoms with E-state index < -0.39 is 0 Å². The van der Waals surface area contributed by atoms with Gasteiger partial charge in [0.05, 0.1) is 0 Å². The van der Waals surface area contributed by atoms with Crippen molar-refractivity contribution in [3.63, 3.8) is 0 Å². The molecule has 15 heavy (non-hydrogen) atoms. The minimum Gasteiger partial charge on any atom is -0.368 e. The average Bonchev–Trinajstić information content (AvgIpc) is 2.27. The standard InChI is InChI=1S/C13H15NO/c1-3-14-8-4-5-11-6-7-12(10(2)15)9-13(11)14/h4-7,9H,3,8H2,1-2H3. The van der Waals surface area contributed by atoms with Crippen LogP contribution in [0, 0.1) is 0 Å². The van der Waals surface area contributed by atoms with Crippen molar-refractivity contribution >= 4 is 17.5 Å². The van der Waals surface area contributed by atoms with Crippen LogP contribution in [-0.2, 0) is 0 Å². The van der Waals surface area contributed by atoms with Crippen molar-refractivity contribution in [2.45, 2.75) is 13.8 Å². The Bertz CT molecular complexity index is 421. The van der Waals surface area contributed by atoms with Gasteiger partial charge in [0.2, 0.25) is 0 Å². The molecule has 2 rings (SSSR count). The highest BCUT2D eigenvalue weighted by Gasteiger charge is 2.12. The lowest BCUT2D eigenvalue weighted by Gasteiger charge is -2.27. The first-order valence-electron chi connectivity index (χ1n) is 5.29. The Balaban J connectivity index is 2.48. The van der Waals surface area contributed by atoms with Crippen LogP contribution in [0.25, 0.3) is 6.08 Å². The third-order valence-electron chi connectivity index (χ3n) is 2.78. The first kappa shape index (κ1) is 9.97. The van der Waals surface area contributed by atoms with E-state index in [0.717, 1.165) is 18.7 Å². The van der Waals surface area contributed by atoms with E-state index in [-0.39, 0.29) is 5.78 Å². The highest BCUT2D eigenvalue weighted by Crippen LogP contribution is 2.26. The van der Waals surface area contributed by atoms with Crippen LogP contribution in [-0.4, -0.2) is 18.9 Å². The first-order valence-corrected chi connectivity index (χ1v) is 5.29. The maximum absolute atomic E-state index is 11.3. The predicted octanol–water partition coefficient (Wildman–Crippen LogP) is 2.74. The second-order valence-electron chi connectivity index (χ2n) is 3.77. The summed E-state index contributed by atoms with van der Waals surface area (Å²) < 4.78 is 0. The summed E-state index contributed by atoms with van der Waals surface area (Å²) in [7, 11) is 0. The average molecular weight is 201 g/mol. The predicted molar refractivity (Wildman–Crippen MR) is 63.4 cm³/mol. The number of Topliss-reactive ketones (excluding diaryl/α,β-unsaturated/α-hetero) is 1. The molecular formula is C13H15NO. The topological polar surface area (TPSA) is 20.3 Å². The Hall–Kier alpha value is -1.57. The molecule has 2 nitrogen and oxygen atoms in total. The van der Waals surface area contributed by atoms with Crippen molar-refractivity contribution in [3.05, 3.63) is 35.4 Å². The Labute approximate surface area is 90.2 Å². The molecular weight excluding hydrogens is 186 g/mol. The molecule has 0 amide bonds. The Morgan fingerprint density at radius 2 is 2.27 bits per heavy atom. The number of hydrogen-bond acceptors (Lipinski definition) is 2. The molecule has 0 unspecified atom stereocenters. The zero-order valence-corrected chi connectivity index (χ0v) is 9.16. The molecule has 0 N–H and O–H groups in total. The lowest BCUT2D eigenvalue weighted by Crippen LogP contribution is -2.25. The second-order valence-corrected chi connectivity index (χ2v) is 3.77. The third-order valence-corrected chi connectivity index (χ3v) is 2.78. The van der Waals surface area contributed by atoms with Crippen LogP contribution in [0.3, 0.4) is 0 Å². The molecule has 0 saturated heterocycles. The first-order chi connectivity index (χ1) is 7.22. The maximum atomic E-state index is 11.3. The van der Waals surface area contributed by atoms with Gasteiger partial charge in [-0.05, 0) is 25.5 Å². The Morgan fingerprint density at radius 1 is 1.47 bits per heavy atom. The van der Waals surface area contributed by atoms with Gasteiger partial charge in [-0.15, -0.1) is 0 Å². The van der Waals surface area contributed by atoms with Gasteiger partial charge in [0.25, 0.3) is 0 Å². The van der Waals surface area contributed by atoms with Crippen molar-refractivity contribution < 1.29 is 4.79 Å². The zero-order valence-electron chi connectivity index (χ0n) is 9.16. The summed E-state index contributed by atoms with van der Waals surface area (Å²) in [4.78, 5) is 13.6. The summed E-state index contributed by atoms with van der Waals surface area (Å²) in [5.74, 6) is 0.128. The Morgan fingerprint density at radius 3 is 2.93 bits per heavy atom. The molecule has 1 aromatic rings. The summed E-state index contributed by atoms with van der Waals surface area (Å²) in [5, 5.41) is 0. The number of fused-ring (bicyclic) bond motifs is 1. The van der Waals surface area contributed by atoms with E-state index >= 15 is 0 Å². The summed E-state index contributed by atoms with van der Waals surface area (Å²) in [5.41, 5.74) is 3.17. The van der Waals surface area contributed by atoms with Crippen LogP contribution >= 0.6 is 0 Å². The third kappa shape index (κ3) is 1.80. The molecule has 0 bridgehead atoms. The molecule has 0 radical (unpaired) electrons. The van der Waals surface area contributed by atoms with Gasteiger partial charge in [-0.2, -0.15) is 0 Å². The normalized spacial score (nSPS) is 13.9. The van der Waals surface area contributed by atoms with Crippen LogP contribution in [0.1, 0.15) is 29.8 Å². The number of carbonyl (C=O) groups is 1. The Kier molecular flexibility index (Phi) is 2.58. The summed E-state index contributed by atoms with van der Waals surface area (Å²) >= 11 is 0. The van der Waals surface area contributed by atoms with Gasteiger partial charge in [-0.3, -0.25) is 4.79 Å². The SMILES string of the molecule is CCN1CC=Cc2ccc(C(C)=O)cc21. The molecule has 0 spiro atoms. The molecule has 1 aliphatic heterocycles. The van der Waals surface area contributed by atoms with Crippen LogP contribution in [0.2, 0.25) is 0 Å². The van der Waals surface area contributed by atoms with E-state index in [1.807, 2.05) is 18.2 Å². The van der Waals surface area contributed by atoms with E-state index in [0.29, 0.717) is 0 Å². The van der Waals surface area contributed by atoms with Crippen molar-refractivity contribution in [1.82, 2.24) is 0 Å². The number of anilines is 1. The lowest BCUT2D eigenvalue weighted by atomic mass is 10.0. The van der Waals surface area contributed by atoms with E-state index in [4.69, 9.17) is 0 Å². The lowest BCUT2D eigenvalue weighted by molar-refractivity contribution is 0.101. The fourth-order valence-electron chi connectivity index (χ4n) is 1.88. The molecule has 0 fully saturated rings. The fourth-order valence-corrected chi connectivity index (χ4v) is 1.88. The highest BCUT2D eigenvalue weighted by atomic mass is 16.1. The number of benzene rings is 1. The second kappa shape index (κ2) is 3.89. The number of likely N-dealkylation sites (N-methyl/N-ethyl adjacent to an activating group) is 1. The number of carbonyl (C=O) groups excluding carboxylic acids is 1. The minimum atomic E-state index is 0.128. The quantitative estimate of drug-likeness (QED) is 0.686. The number of rotatable bonds is 2. The van der Waals surface area contributed by atoms with Crippen LogP contribution in [0.15, 0.2) is 24.3 Å². The summed E-state index contributed by atoms with van der Waals surface area (Å²) in [6.07, 6.45) is 4.27. The summed E-state index contributed by atoms with van der Waals surface area (Å²) in [6, 6.07) is 5.90. The molecule has 78 valence electrons. The van der Waals surface area contributed by atoms with Crippen molar-refractivity contribution in [1.29, 1.82) is 0 Å².